The second kappa shape index (κ2) is 11.6. The zero-order chi connectivity index (χ0) is 27.4. The van der Waals surface area contributed by atoms with E-state index in [0.717, 1.165) is 13.1 Å². The van der Waals surface area contributed by atoms with Crippen molar-refractivity contribution in [3.8, 4) is 0 Å². The number of fused-ring (bicyclic) bond motifs is 1. The van der Waals surface area contributed by atoms with E-state index in [1.807, 2.05) is 13.8 Å². The molecule has 2 aromatic carbocycles. The number of nitrogens with zero attached hydrogens (tertiary/aromatic N) is 2. The maximum atomic E-state index is 14.7. The molecule has 4 N–H and O–H groups in total. The molecule has 3 aliphatic heterocycles. The second-order valence-corrected chi connectivity index (χ2v) is 9.23. The Morgan fingerprint density at radius 2 is 1.87 bits per heavy atom. The van der Waals surface area contributed by atoms with Crippen LogP contribution in [0.3, 0.4) is 0 Å². The first kappa shape index (κ1) is 27.6. The van der Waals surface area contributed by atoms with Gasteiger partial charge < -0.3 is 25.2 Å². The second-order valence-electron chi connectivity index (χ2n) is 9.23. The van der Waals surface area contributed by atoms with Gasteiger partial charge in [-0.1, -0.05) is 26.0 Å². The van der Waals surface area contributed by atoms with Crippen molar-refractivity contribution in [2.45, 2.75) is 51.7 Å². The molecule has 0 bridgehead atoms. The van der Waals surface area contributed by atoms with Gasteiger partial charge in [0.15, 0.2) is 0 Å². The van der Waals surface area contributed by atoms with E-state index < -0.39 is 29.6 Å². The van der Waals surface area contributed by atoms with Gasteiger partial charge in [-0.15, -0.1) is 0 Å². The molecular formula is C27H33FN4O6. The van der Waals surface area contributed by atoms with E-state index in [-0.39, 0.29) is 36.5 Å². The molecule has 3 amide bonds. The van der Waals surface area contributed by atoms with Gasteiger partial charge in [0.2, 0.25) is 11.8 Å². The summed E-state index contributed by atoms with van der Waals surface area (Å²) < 4.78 is 20.1. The summed E-state index contributed by atoms with van der Waals surface area (Å²) >= 11 is 0. The van der Waals surface area contributed by atoms with Crippen molar-refractivity contribution < 1.29 is 33.7 Å². The number of carbonyl (C=O) groups is 3. The number of halogens is 1. The van der Waals surface area contributed by atoms with Crippen LogP contribution >= 0.6 is 0 Å². The van der Waals surface area contributed by atoms with Crippen molar-refractivity contribution in [3.05, 3.63) is 64.5 Å². The summed E-state index contributed by atoms with van der Waals surface area (Å²) in [7, 11) is 0. The van der Waals surface area contributed by atoms with E-state index in [2.05, 4.69) is 15.5 Å². The van der Waals surface area contributed by atoms with E-state index in [9.17, 15) is 29.0 Å². The molecule has 0 radical (unpaired) electrons. The van der Waals surface area contributed by atoms with Gasteiger partial charge in [0.25, 0.3) is 11.8 Å². The lowest BCUT2D eigenvalue weighted by Gasteiger charge is -2.30. The fourth-order valence-corrected chi connectivity index (χ4v) is 4.91. The van der Waals surface area contributed by atoms with Crippen molar-refractivity contribution >= 4 is 23.4 Å². The molecule has 3 heterocycles. The molecule has 38 heavy (non-hydrogen) atoms. The molecule has 0 aromatic heterocycles. The van der Waals surface area contributed by atoms with Crippen LogP contribution in [0.15, 0.2) is 36.4 Å². The van der Waals surface area contributed by atoms with Crippen molar-refractivity contribution in [1.29, 1.82) is 0 Å². The van der Waals surface area contributed by atoms with E-state index >= 15 is 0 Å². The molecule has 3 aliphatic rings. The molecule has 2 saturated heterocycles. The van der Waals surface area contributed by atoms with Crippen LogP contribution in [-0.2, 0) is 33.3 Å². The van der Waals surface area contributed by atoms with Crippen LogP contribution in [0, 0.1) is 5.82 Å². The van der Waals surface area contributed by atoms with Gasteiger partial charge >= 0.3 is 0 Å². The van der Waals surface area contributed by atoms with Crippen molar-refractivity contribution in [2.75, 3.05) is 31.6 Å². The van der Waals surface area contributed by atoms with Gasteiger partial charge in [0.1, 0.15) is 11.9 Å². The lowest BCUT2D eigenvalue weighted by Crippen LogP contribution is -2.52. The smallest absolute Gasteiger partial charge is 0.275 e. The molecule has 0 spiro atoms. The van der Waals surface area contributed by atoms with Gasteiger partial charge in [0, 0.05) is 49.4 Å². The highest BCUT2D eigenvalue weighted by atomic mass is 19.1. The summed E-state index contributed by atoms with van der Waals surface area (Å²) in [6.45, 7) is 7.19. The zero-order valence-electron chi connectivity index (χ0n) is 21.5. The Morgan fingerprint density at radius 3 is 2.58 bits per heavy atom. The molecule has 2 aromatic rings. The highest BCUT2D eigenvalue weighted by molar-refractivity contribution is 6.06. The first-order valence-electron chi connectivity index (χ1n) is 12.8. The van der Waals surface area contributed by atoms with Crippen LogP contribution in [-0.4, -0.2) is 70.1 Å². The molecule has 1 atom stereocenters. The maximum Gasteiger partial charge on any atom is 0.275 e. The van der Waals surface area contributed by atoms with Gasteiger partial charge in [-0.3, -0.25) is 24.6 Å². The maximum absolute atomic E-state index is 14.7. The Hall–Kier alpha value is -3.38. The minimum absolute atomic E-state index is 0.0270. The lowest BCUT2D eigenvalue weighted by atomic mass is 10.0. The lowest BCUT2D eigenvalue weighted by molar-refractivity contribution is -0.146. The molecule has 1 unspecified atom stereocenters. The first-order valence-corrected chi connectivity index (χ1v) is 12.8. The SMILES string of the molecule is CC.O=C1CCC(N2Cc3c(NC(O)(O)c4cc(CN5CCOCC5)ccc4F)cccc3C2=O)C(=O)N1. The number of aliphatic hydroxyl groups is 2. The Kier molecular flexibility index (Phi) is 8.41. The first-order chi connectivity index (χ1) is 18.2. The number of imide groups is 1. The minimum atomic E-state index is -2.77. The molecule has 11 heteroatoms. The summed E-state index contributed by atoms with van der Waals surface area (Å²) in [5.41, 5.74) is 1.32. The van der Waals surface area contributed by atoms with Crippen LogP contribution in [0.4, 0.5) is 10.1 Å². The highest BCUT2D eigenvalue weighted by Crippen LogP contribution is 2.35. The normalized spacial score (nSPS) is 20.0. The summed E-state index contributed by atoms with van der Waals surface area (Å²) in [6.07, 6.45) is 0.330. The standard InChI is InChI=1S/C25H27FN4O6.C2H6/c26-19-5-4-15(13-29-8-10-36-11-9-29)12-18(19)25(34,35)28-20-3-1-2-16-17(20)14-30(24(16)33)21-6-7-22(31)27-23(21)32;1-2/h1-5,12,21,28,34-35H,6-11,13-14H2,(H,27,31,32);1-2H3. The van der Waals surface area contributed by atoms with Crippen molar-refractivity contribution in [3.63, 3.8) is 0 Å². The molecule has 204 valence electrons. The number of piperidine rings is 1. The van der Waals surface area contributed by atoms with Crippen LogP contribution < -0.4 is 10.6 Å². The van der Waals surface area contributed by atoms with Crippen molar-refractivity contribution in [2.24, 2.45) is 0 Å². The molecule has 5 rings (SSSR count). The third-order valence-corrected chi connectivity index (χ3v) is 6.81. The number of hydrogen-bond acceptors (Lipinski definition) is 8. The average Bonchev–Trinajstić information content (AvgIpc) is 3.24. The number of benzene rings is 2. The number of rotatable bonds is 6. The van der Waals surface area contributed by atoms with Crippen LogP contribution in [0.2, 0.25) is 0 Å². The van der Waals surface area contributed by atoms with Crippen LogP contribution in [0.1, 0.15) is 53.7 Å². The van der Waals surface area contributed by atoms with E-state index in [1.165, 1.54) is 17.0 Å². The Bertz CT molecular complexity index is 1210. The summed E-state index contributed by atoms with van der Waals surface area (Å²) in [5.74, 6) is -4.90. The number of morpholine rings is 1. The molecule has 2 fully saturated rings. The zero-order valence-corrected chi connectivity index (χ0v) is 21.5. The number of anilines is 1. The quantitative estimate of drug-likeness (QED) is 0.329. The summed E-state index contributed by atoms with van der Waals surface area (Å²) in [6, 6.07) is 8.08. The van der Waals surface area contributed by atoms with Crippen LogP contribution in [0.5, 0.6) is 0 Å². The third kappa shape index (κ3) is 5.70. The number of nitrogens with one attached hydrogen (secondary N) is 2. The Labute approximate surface area is 220 Å². The average molecular weight is 529 g/mol. The van der Waals surface area contributed by atoms with Gasteiger partial charge in [-0.25, -0.2) is 4.39 Å². The third-order valence-electron chi connectivity index (χ3n) is 6.81. The predicted molar refractivity (Wildman–Crippen MR) is 136 cm³/mol. The number of amides is 3. The highest BCUT2D eigenvalue weighted by Gasteiger charge is 2.41. The molecular weight excluding hydrogens is 495 g/mol. The van der Waals surface area contributed by atoms with Gasteiger partial charge in [-0.05, 0) is 36.2 Å². The van der Waals surface area contributed by atoms with Gasteiger partial charge in [-0.2, -0.15) is 0 Å². The summed E-state index contributed by atoms with van der Waals surface area (Å²) in [4.78, 5) is 40.3. The fourth-order valence-electron chi connectivity index (χ4n) is 4.91. The van der Waals surface area contributed by atoms with Crippen molar-refractivity contribution in [1.82, 2.24) is 15.1 Å². The topological polar surface area (TPSA) is 131 Å². The number of ether oxygens (including phenoxy) is 1. The van der Waals surface area contributed by atoms with E-state index in [1.54, 1.807) is 24.3 Å². The number of hydrogen-bond donors (Lipinski definition) is 4. The Balaban J connectivity index is 0.00000164. The largest absolute Gasteiger partial charge is 0.379 e. The van der Waals surface area contributed by atoms with Crippen LogP contribution in [0.25, 0.3) is 0 Å². The fraction of sp³-hybridized carbons (Fsp3) is 0.444. The Morgan fingerprint density at radius 1 is 1.13 bits per heavy atom. The van der Waals surface area contributed by atoms with E-state index in [4.69, 9.17) is 4.74 Å². The minimum Gasteiger partial charge on any atom is -0.379 e. The number of carbonyl (C=O) groups excluding carboxylic acids is 3. The molecule has 10 nitrogen and oxygen atoms in total. The monoisotopic (exact) mass is 528 g/mol. The summed E-state index contributed by atoms with van der Waals surface area (Å²) in [5, 5.41) is 26.6. The van der Waals surface area contributed by atoms with Gasteiger partial charge in [0.05, 0.1) is 18.8 Å². The molecule has 0 aliphatic carbocycles. The predicted octanol–water partition coefficient (Wildman–Crippen LogP) is 1.65. The van der Waals surface area contributed by atoms with E-state index in [0.29, 0.717) is 36.4 Å². The molecule has 0 saturated carbocycles.